The molecule has 2 aliphatic rings. The second-order valence-electron chi connectivity index (χ2n) is 25.9. The van der Waals surface area contributed by atoms with Gasteiger partial charge in [0, 0.05) is 43.7 Å². The lowest BCUT2D eigenvalue weighted by atomic mass is 9.83. The summed E-state index contributed by atoms with van der Waals surface area (Å²) in [6, 6.07) is 104. The van der Waals surface area contributed by atoms with E-state index in [2.05, 4.69) is 289 Å². The molecule has 92 heavy (non-hydrogen) atoms. The zero-order valence-electron chi connectivity index (χ0n) is 51.5. The van der Waals surface area contributed by atoms with Gasteiger partial charge >= 0.3 is 0 Å². The Kier molecular flexibility index (Phi) is 13.4. The van der Waals surface area contributed by atoms with Gasteiger partial charge in [-0.05, 0) is 175 Å². The van der Waals surface area contributed by atoms with Crippen molar-refractivity contribution in [2.45, 2.75) is 76.0 Å². The van der Waals surface area contributed by atoms with Gasteiger partial charge in [0.2, 0.25) is 0 Å². The van der Waals surface area contributed by atoms with E-state index >= 15 is 0 Å². The maximum Gasteiger partial charge on any atom is 0.159 e. The van der Waals surface area contributed by atoms with E-state index in [1.165, 1.54) is 108 Å². The molecule has 18 rings (SSSR count). The Morgan fingerprint density at radius 3 is 0.924 bits per heavy atom. The summed E-state index contributed by atoms with van der Waals surface area (Å²) in [5.41, 5.74) is 21.9. The summed E-state index contributed by atoms with van der Waals surface area (Å²) in [6.07, 6.45) is 12.4. The molecular weight excluding hydrogens is 1120 g/mol. The van der Waals surface area contributed by atoms with E-state index in [1.54, 1.807) is 0 Å². The summed E-state index contributed by atoms with van der Waals surface area (Å²) in [7, 11) is 0. The molecule has 0 aliphatic heterocycles. The number of benzene rings is 14. The third kappa shape index (κ3) is 9.25. The van der Waals surface area contributed by atoms with E-state index in [9.17, 15) is 0 Å². The third-order valence-corrected chi connectivity index (χ3v) is 20.5. The number of fused-ring (bicyclic) bond motifs is 6. The average Bonchev–Trinajstić information content (AvgIpc) is 1.66. The maximum atomic E-state index is 7.48. The van der Waals surface area contributed by atoms with Crippen LogP contribution in [0.4, 0.5) is 34.1 Å². The zero-order valence-corrected chi connectivity index (χ0v) is 51.5. The first-order chi connectivity index (χ1) is 45.6. The molecule has 0 spiro atoms. The molecule has 0 bridgehead atoms. The minimum Gasteiger partial charge on any atom is -0.454 e. The van der Waals surface area contributed by atoms with Gasteiger partial charge in [0.25, 0.3) is 0 Å². The van der Waals surface area contributed by atoms with Gasteiger partial charge in [-0.3, -0.25) is 0 Å². The zero-order chi connectivity index (χ0) is 60.6. The Labute approximate surface area is 536 Å². The van der Waals surface area contributed by atoms with Gasteiger partial charge < -0.3 is 18.6 Å². The van der Waals surface area contributed by atoms with E-state index in [-0.39, 0.29) is 0 Å². The number of para-hydroxylation sites is 4. The molecule has 2 heterocycles. The van der Waals surface area contributed by atoms with Crippen molar-refractivity contribution in [3.8, 4) is 44.5 Å². The fraction of sp³-hybridized carbons (Fsp3) is 0.136. The molecule has 2 saturated carbocycles. The summed E-state index contributed by atoms with van der Waals surface area (Å²) in [4.78, 5) is 5.01. The van der Waals surface area contributed by atoms with Crippen LogP contribution in [0, 0.1) is 0 Å². The van der Waals surface area contributed by atoms with Crippen LogP contribution < -0.4 is 9.80 Å². The normalized spacial score (nSPS) is 14.2. The molecule has 4 nitrogen and oxygen atoms in total. The molecule has 0 saturated heterocycles. The second-order valence-corrected chi connectivity index (χ2v) is 25.9. The Balaban J connectivity index is 0.903. The van der Waals surface area contributed by atoms with Crippen molar-refractivity contribution in [1.29, 1.82) is 0 Å². The minimum absolute atomic E-state index is 0.478. The smallest absolute Gasteiger partial charge is 0.159 e. The Morgan fingerprint density at radius 2 is 0.565 bits per heavy atom. The summed E-state index contributed by atoms with van der Waals surface area (Å²) in [6.45, 7) is 0. The van der Waals surface area contributed by atoms with Crippen LogP contribution in [0.25, 0.3) is 121 Å². The highest BCUT2D eigenvalue weighted by molar-refractivity contribution is 6.29. The first-order valence-corrected chi connectivity index (χ1v) is 33.3. The first-order valence-electron chi connectivity index (χ1n) is 33.3. The van der Waals surface area contributed by atoms with Gasteiger partial charge in [-0.25, -0.2) is 0 Å². The molecule has 14 aromatic carbocycles. The molecule has 2 fully saturated rings. The predicted octanol–water partition coefficient (Wildman–Crippen LogP) is 26.1. The summed E-state index contributed by atoms with van der Waals surface area (Å²) >= 11 is 0. The van der Waals surface area contributed by atoms with Gasteiger partial charge in [0.05, 0.1) is 22.7 Å². The second kappa shape index (κ2) is 22.7. The Bertz CT molecular complexity index is 4970. The van der Waals surface area contributed by atoms with Crippen LogP contribution in [-0.2, 0) is 0 Å². The fourth-order valence-electron chi connectivity index (χ4n) is 16.1. The van der Waals surface area contributed by atoms with Crippen molar-refractivity contribution in [1.82, 2.24) is 0 Å². The van der Waals surface area contributed by atoms with Crippen LogP contribution in [0.2, 0.25) is 0 Å². The van der Waals surface area contributed by atoms with Gasteiger partial charge in [0.15, 0.2) is 11.2 Å². The summed E-state index contributed by atoms with van der Waals surface area (Å²) in [5.74, 6) is 0.956. The molecule has 0 radical (unpaired) electrons. The molecule has 0 amide bonds. The lowest BCUT2D eigenvalue weighted by molar-refractivity contribution is 0.442. The van der Waals surface area contributed by atoms with Gasteiger partial charge in [0.1, 0.15) is 11.2 Å². The Morgan fingerprint density at radius 1 is 0.239 bits per heavy atom. The molecule has 0 atom stereocenters. The molecular formula is C88H68N2O2. The van der Waals surface area contributed by atoms with Crippen LogP contribution >= 0.6 is 0 Å². The third-order valence-electron chi connectivity index (χ3n) is 20.5. The average molecular weight is 1190 g/mol. The Hall–Kier alpha value is -10.7. The molecule has 16 aromatic rings. The van der Waals surface area contributed by atoms with Gasteiger partial charge in [-0.15, -0.1) is 0 Å². The number of hydrogen-bond donors (Lipinski definition) is 0. The van der Waals surface area contributed by atoms with Crippen molar-refractivity contribution in [2.75, 3.05) is 9.80 Å². The van der Waals surface area contributed by atoms with Crippen LogP contribution in [0.3, 0.4) is 0 Å². The number of nitrogens with zero attached hydrogens (tertiary/aromatic N) is 2. The topological polar surface area (TPSA) is 32.8 Å². The first kappa shape index (κ1) is 54.3. The standard InChI is InChI=1S/C88H68N2O2/c1-7-23-57(24-8-1)65-51-66(58-25-9-2-10-26-58)54-69(53-65)89(81-41-21-39-75-73-37-19-35-71(85(73)91-87(75)81)61-31-15-5-16-32-61)79-49-45-63-44-48-78-80(50-46-64-43-47-77(79)83(63)84(64)78)90(70-55-67(59-27-11-3-12-28-59)52-68(56-70)60-29-13-4-14-30-60)82-42-22-40-76-74-38-20-36-72(86(74)92-88(76)82)62-33-17-6-18-34-62/h1-4,7-14,19-30,35-56,61-62H,5-6,15-18,31-34H2. The predicted molar refractivity (Wildman–Crippen MR) is 387 cm³/mol. The highest BCUT2D eigenvalue weighted by atomic mass is 16.3. The van der Waals surface area contributed by atoms with E-state index in [0.717, 1.165) is 123 Å². The van der Waals surface area contributed by atoms with Gasteiger partial charge in [-0.2, -0.15) is 0 Å². The van der Waals surface area contributed by atoms with Gasteiger partial charge in [-0.1, -0.05) is 257 Å². The lowest BCUT2D eigenvalue weighted by Gasteiger charge is -2.30. The highest BCUT2D eigenvalue weighted by Gasteiger charge is 2.30. The quantitative estimate of drug-likeness (QED) is 0.114. The minimum atomic E-state index is 0.478. The highest BCUT2D eigenvalue weighted by Crippen LogP contribution is 2.53. The molecule has 2 aromatic heterocycles. The largest absolute Gasteiger partial charge is 0.454 e. The van der Waals surface area contributed by atoms with Crippen LogP contribution in [0.1, 0.15) is 87.2 Å². The SMILES string of the molecule is c1ccc(-c2cc(-c3ccccc3)cc(N(c3ccc4ccc5c(N(c6cc(-c7ccccc7)cc(-c7ccccc7)c6)c6cccc7c6oc6c(C8CCCCC8)cccc67)ccc6ccc3c4c65)c3cccc4c3oc3c(C5CCCCC5)cccc34)c2)cc1. The monoisotopic (exact) mass is 1180 g/mol. The van der Waals surface area contributed by atoms with E-state index in [4.69, 9.17) is 8.83 Å². The van der Waals surface area contributed by atoms with Crippen molar-refractivity contribution < 1.29 is 8.83 Å². The number of furan rings is 2. The summed E-state index contributed by atoms with van der Waals surface area (Å²) in [5, 5.41) is 11.7. The molecule has 4 heteroatoms. The van der Waals surface area contributed by atoms with Crippen molar-refractivity contribution >= 4 is 110 Å². The van der Waals surface area contributed by atoms with Crippen LogP contribution in [0.5, 0.6) is 0 Å². The number of anilines is 6. The number of hydrogen-bond acceptors (Lipinski definition) is 4. The molecule has 442 valence electrons. The molecule has 0 unspecified atom stereocenters. The van der Waals surface area contributed by atoms with Crippen LogP contribution in [-0.4, -0.2) is 0 Å². The van der Waals surface area contributed by atoms with E-state index in [0.29, 0.717) is 11.8 Å². The van der Waals surface area contributed by atoms with Crippen molar-refractivity contribution in [3.05, 3.63) is 290 Å². The number of rotatable bonds is 12. The van der Waals surface area contributed by atoms with E-state index in [1.807, 2.05) is 0 Å². The lowest BCUT2D eigenvalue weighted by Crippen LogP contribution is -2.12. The maximum absolute atomic E-state index is 7.48. The van der Waals surface area contributed by atoms with Crippen molar-refractivity contribution in [2.24, 2.45) is 0 Å². The van der Waals surface area contributed by atoms with Crippen LogP contribution in [0.15, 0.2) is 288 Å². The molecule has 0 N–H and O–H groups in total. The van der Waals surface area contributed by atoms with Crippen molar-refractivity contribution in [3.63, 3.8) is 0 Å². The van der Waals surface area contributed by atoms with E-state index < -0.39 is 0 Å². The summed E-state index contributed by atoms with van der Waals surface area (Å²) < 4.78 is 15.0. The molecule has 2 aliphatic carbocycles. The fourth-order valence-corrected chi connectivity index (χ4v) is 16.1.